The van der Waals surface area contributed by atoms with Crippen LogP contribution in [-0.2, 0) is 27.9 Å². The summed E-state index contributed by atoms with van der Waals surface area (Å²) in [6.45, 7) is 0.638. The summed E-state index contributed by atoms with van der Waals surface area (Å²) < 4.78 is 27.2. The van der Waals surface area contributed by atoms with Gasteiger partial charge >= 0.3 is 0 Å². The van der Waals surface area contributed by atoms with E-state index in [4.69, 9.17) is 0 Å². The van der Waals surface area contributed by atoms with E-state index in [9.17, 15) is 13.2 Å². The monoisotopic (exact) mass is 398 g/mol. The van der Waals surface area contributed by atoms with E-state index in [1.54, 1.807) is 16.3 Å². The fourth-order valence-electron chi connectivity index (χ4n) is 3.24. The van der Waals surface area contributed by atoms with E-state index >= 15 is 0 Å². The number of rotatable bonds is 4. The van der Waals surface area contributed by atoms with Crippen molar-refractivity contribution in [1.82, 2.24) is 9.62 Å². The van der Waals surface area contributed by atoms with Crippen molar-refractivity contribution in [2.24, 2.45) is 0 Å². The van der Waals surface area contributed by atoms with Crippen LogP contribution in [0.2, 0.25) is 0 Å². The number of fused-ring (bicyclic) bond motifs is 3. The van der Waals surface area contributed by atoms with Crippen LogP contribution < -0.4 is 4.72 Å². The maximum Gasteiger partial charge on any atom is 0.250 e. The van der Waals surface area contributed by atoms with Crippen molar-refractivity contribution in [3.05, 3.63) is 77.2 Å². The number of hydrogen-bond acceptors (Lipinski definition) is 4. The molecule has 138 valence electrons. The van der Waals surface area contributed by atoms with E-state index in [2.05, 4.69) is 16.9 Å². The highest BCUT2D eigenvalue weighted by Crippen LogP contribution is 2.32. The highest BCUT2D eigenvalue weighted by atomic mass is 32.2. The van der Waals surface area contributed by atoms with Gasteiger partial charge in [0.1, 0.15) is 4.21 Å². The standard InChI is InChI=1S/C20H18N2O3S2/c23-19(12-21-27(24,25)20-10-5-11-26-20)22-13-15-6-1-3-8-17(15)18-9-4-2-7-16(18)14-22/h1-11,21H,12-14H2. The van der Waals surface area contributed by atoms with Crippen LogP contribution in [0.3, 0.4) is 0 Å². The number of carbonyl (C=O) groups is 1. The lowest BCUT2D eigenvalue weighted by atomic mass is 9.97. The summed E-state index contributed by atoms with van der Waals surface area (Å²) in [4.78, 5) is 14.5. The van der Waals surface area contributed by atoms with Gasteiger partial charge in [-0.05, 0) is 33.7 Å². The predicted octanol–water partition coefficient (Wildman–Crippen LogP) is 3.24. The quantitative estimate of drug-likeness (QED) is 0.734. The summed E-state index contributed by atoms with van der Waals surface area (Å²) in [6, 6.07) is 19.2. The van der Waals surface area contributed by atoms with E-state index in [1.807, 2.05) is 36.4 Å². The molecule has 1 amide bonds. The zero-order valence-electron chi connectivity index (χ0n) is 14.5. The minimum Gasteiger partial charge on any atom is -0.333 e. The normalized spacial score (nSPS) is 13.6. The van der Waals surface area contributed by atoms with Crippen LogP contribution in [0.25, 0.3) is 11.1 Å². The predicted molar refractivity (Wildman–Crippen MR) is 106 cm³/mol. The van der Waals surface area contributed by atoms with Crippen molar-refractivity contribution in [3.8, 4) is 11.1 Å². The molecule has 0 bridgehead atoms. The highest BCUT2D eigenvalue weighted by molar-refractivity contribution is 7.91. The second-order valence-electron chi connectivity index (χ2n) is 6.32. The number of amides is 1. The molecule has 5 nitrogen and oxygen atoms in total. The van der Waals surface area contributed by atoms with Crippen molar-refractivity contribution < 1.29 is 13.2 Å². The Morgan fingerprint density at radius 2 is 1.52 bits per heavy atom. The maximum absolute atomic E-state index is 12.8. The van der Waals surface area contributed by atoms with Gasteiger partial charge in [-0.2, -0.15) is 0 Å². The van der Waals surface area contributed by atoms with Crippen molar-refractivity contribution in [3.63, 3.8) is 0 Å². The first-order chi connectivity index (χ1) is 13.0. The van der Waals surface area contributed by atoms with Gasteiger partial charge in [0.25, 0.3) is 10.0 Å². The molecule has 3 aromatic rings. The van der Waals surface area contributed by atoms with Crippen molar-refractivity contribution in [2.75, 3.05) is 6.54 Å². The van der Waals surface area contributed by atoms with E-state index in [0.29, 0.717) is 13.1 Å². The summed E-state index contributed by atoms with van der Waals surface area (Å²) in [6.07, 6.45) is 0. The van der Waals surface area contributed by atoms with E-state index in [1.165, 1.54) is 6.07 Å². The van der Waals surface area contributed by atoms with Gasteiger partial charge in [0.2, 0.25) is 5.91 Å². The number of hydrogen-bond donors (Lipinski definition) is 1. The molecule has 7 heteroatoms. The lowest BCUT2D eigenvalue weighted by molar-refractivity contribution is -0.131. The van der Waals surface area contributed by atoms with Gasteiger partial charge in [-0.3, -0.25) is 4.79 Å². The van der Waals surface area contributed by atoms with E-state index in [-0.39, 0.29) is 16.7 Å². The Hall–Kier alpha value is -2.48. The molecule has 1 aliphatic rings. The molecule has 2 aromatic carbocycles. The summed E-state index contributed by atoms with van der Waals surface area (Å²) >= 11 is 1.13. The number of nitrogens with zero attached hydrogens (tertiary/aromatic N) is 1. The minimum atomic E-state index is -3.66. The molecule has 27 heavy (non-hydrogen) atoms. The molecule has 0 fully saturated rings. The molecule has 0 aliphatic carbocycles. The van der Waals surface area contributed by atoms with Crippen LogP contribution in [0.5, 0.6) is 0 Å². The van der Waals surface area contributed by atoms with E-state index in [0.717, 1.165) is 33.6 Å². The second-order valence-corrected chi connectivity index (χ2v) is 9.26. The van der Waals surface area contributed by atoms with Crippen molar-refractivity contribution >= 4 is 27.3 Å². The van der Waals surface area contributed by atoms with Crippen molar-refractivity contribution in [2.45, 2.75) is 17.3 Å². The molecule has 1 N–H and O–H groups in total. The third kappa shape index (κ3) is 3.66. The lowest BCUT2D eigenvalue weighted by Crippen LogP contribution is -2.39. The van der Waals surface area contributed by atoms with Gasteiger partial charge < -0.3 is 4.90 Å². The molecule has 1 aliphatic heterocycles. The zero-order chi connectivity index (χ0) is 18.9. The number of thiophene rings is 1. The van der Waals surface area contributed by atoms with Gasteiger partial charge in [-0.1, -0.05) is 54.6 Å². The van der Waals surface area contributed by atoms with Gasteiger partial charge in [0.05, 0.1) is 6.54 Å². The van der Waals surface area contributed by atoms with E-state index < -0.39 is 10.0 Å². The molecule has 1 aromatic heterocycles. The van der Waals surface area contributed by atoms with Crippen LogP contribution in [0.4, 0.5) is 0 Å². The van der Waals surface area contributed by atoms with Crippen molar-refractivity contribution in [1.29, 1.82) is 0 Å². The van der Waals surface area contributed by atoms with Crippen LogP contribution in [0.1, 0.15) is 11.1 Å². The Morgan fingerprint density at radius 3 is 2.07 bits per heavy atom. The number of sulfonamides is 1. The van der Waals surface area contributed by atoms with Gasteiger partial charge in [0, 0.05) is 13.1 Å². The van der Waals surface area contributed by atoms with Gasteiger partial charge in [-0.25, -0.2) is 13.1 Å². The SMILES string of the molecule is O=C(CNS(=O)(=O)c1cccs1)N1Cc2ccccc2-c2ccccc2C1. The van der Waals surface area contributed by atoms with Crippen LogP contribution in [0.15, 0.2) is 70.3 Å². The first kappa shape index (κ1) is 17.9. The Morgan fingerprint density at radius 1 is 0.926 bits per heavy atom. The molecule has 0 saturated carbocycles. The molecule has 0 radical (unpaired) electrons. The average Bonchev–Trinajstić information content (AvgIpc) is 3.17. The van der Waals surface area contributed by atoms with Crippen LogP contribution in [0, 0.1) is 0 Å². The Bertz CT molecular complexity index is 1030. The first-order valence-corrected chi connectivity index (χ1v) is 10.9. The first-order valence-electron chi connectivity index (χ1n) is 8.52. The van der Waals surface area contributed by atoms with Gasteiger partial charge in [-0.15, -0.1) is 11.3 Å². The van der Waals surface area contributed by atoms with Gasteiger partial charge in [0.15, 0.2) is 0 Å². The topological polar surface area (TPSA) is 66.5 Å². The molecule has 2 heterocycles. The third-order valence-electron chi connectivity index (χ3n) is 4.57. The number of benzene rings is 2. The minimum absolute atomic E-state index is 0.210. The summed E-state index contributed by atoms with van der Waals surface area (Å²) in [5, 5.41) is 1.69. The molecule has 0 atom stereocenters. The van der Waals surface area contributed by atoms with Crippen LogP contribution >= 0.6 is 11.3 Å². The maximum atomic E-state index is 12.8. The molecule has 4 rings (SSSR count). The molecule has 0 spiro atoms. The smallest absolute Gasteiger partial charge is 0.250 e. The summed E-state index contributed by atoms with van der Waals surface area (Å²) in [5.74, 6) is -0.248. The largest absolute Gasteiger partial charge is 0.333 e. The summed E-state index contributed by atoms with van der Waals surface area (Å²) in [5.41, 5.74) is 4.33. The molecular formula is C20H18N2O3S2. The Labute approximate surface area is 162 Å². The average molecular weight is 399 g/mol. The molecular weight excluding hydrogens is 380 g/mol. The Kier molecular flexibility index (Phi) is 4.82. The zero-order valence-corrected chi connectivity index (χ0v) is 16.1. The number of nitrogens with one attached hydrogen (secondary N) is 1. The fourth-order valence-corrected chi connectivity index (χ4v) is 5.25. The molecule has 0 unspecified atom stereocenters. The summed E-state index contributed by atoms with van der Waals surface area (Å²) in [7, 11) is -3.66. The second kappa shape index (κ2) is 7.26. The lowest BCUT2D eigenvalue weighted by Gasteiger charge is -2.21. The molecule has 0 saturated heterocycles. The highest BCUT2D eigenvalue weighted by Gasteiger charge is 2.24. The third-order valence-corrected chi connectivity index (χ3v) is 7.37. The Balaban J connectivity index is 1.57. The fraction of sp³-hybridized carbons (Fsp3) is 0.150. The van der Waals surface area contributed by atoms with Crippen LogP contribution in [-0.4, -0.2) is 25.8 Å². The number of carbonyl (C=O) groups excluding carboxylic acids is 1.